The molecule has 1 N–H and O–H groups in total. The van der Waals surface area contributed by atoms with Gasteiger partial charge in [0, 0.05) is 27.5 Å². The molecule has 0 heterocycles. The third kappa shape index (κ3) is 8.98. The zero-order chi connectivity index (χ0) is 12.3. The fourth-order valence-electron chi connectivity index (χ4n) is 1.48. The van der Waals surface area contributed by atoms with Crippen LogP contribution in [-0.2, 0) is 31.2 Å². The predicted molar refractivity (Wildman–Crippen MR) is 56.8 cm³/mol. The average Bonchev–Trinajstić information content (AvgIpc) is 2.36. The van der Waals surface area contributed by atoms with E-state index in [1.807, 2.05) is 0 Å². The topological polar surface area (TPSA) is 91.2 Å². The van der Waals surface area contributed by atoms with Crippen molar-refractivity contribution in [3.63, 3.8) is 0 Å². The van der Waals surface area contributed by atoms with Crippen LogP contribution in [0.4, 0.5) is 0 Å². The zero-order valence-corrected chi connectivity index (χ0v) is 22.6. The van der Waals surface area contributed by atoms with E-state index in [-0.39, 0.29) is 147 Å². The van der Waals surface area contributed by atoms with Crippen LogP contribution in [0.15, 0.2) is 34.3 Å². The summed E-state index contributed by atoms with van der Waals surface area (Å²) in [5, 5.41) is 24.6. The number of allylic oxidation sites excluding steroid dienone is 1. The van der Waals surface area contributed by atoms with Gasteiger partial charge in [0.05, 0.1) is 12.0 Å². The molecule has 22 heavy (non-hydrogen) atoms. The smallest absolute Gasteiger partial charge is 0.691 e. The van der Waals surface area contributed by atoms with Crippen LogP contribution in [0, 0.1) is 0 Å². The summed E-state index contributed by atoms with van der Waals surface area (Å²) < 4.78 is 4.18. The Hall–Kier alpha value is 2.85. The predicted octanol–water partition coefficient (Wildman–Crippen LogP) is -11.3. The van der Waals surface area contributed by atoms with Crippen molar-refractivity contribution in [2.45, 2.75) is 4.90 Å². The molecule has 6 nitrogen and oxygen atoms in total. The van der Waals surface area contributed by atoms with Gasteiger partial charge in [0.25, 0.3) is 0 Å². The number of nitrogens with zero attached hydrogens (tertiary/aromatic N) is 1. The molecular weight excluding hydrogens is 394 g/mol. The molecule has 1 aliphatic rings. The van der Waals surface area contributed by atoms with E-state index < -0.39 is 0 Å². The number of hydrogen-bond acceptors (Lipinski definition) is 7. The van der Waals surface area contributed by atoms with Gasteiger partial charge in [-0.2, -0.15) is 4.33 Å². The Morgan fingerprint density at radius 1 is 1.14 bits per heavy atom. The molecule has 2 rings (SSSR count). The van der Waals surface area contributed by atoms with Crippen molar-refractivity contribution in [3.8, 4) is 0 Å². The minimum absolute atomic E-state index is 0. The molecule has 0 fully saturated rings. The second-order valence-corrected chi connectivity index (χ2v) is 3.89. The van der Waals surface area contributed by atoms with Gasteiger partial charge >= 0.3 is 118 Å². The summed E-state index contributed by atoms with van der Waals surface area (Å²) >= 11 is 0.747. The molecule has 0 spiro atoms. The second kappa shape index (κ2) is 17.3. The first-order chi connectivity index (χ1) is 8.26. The first-order valence-corrected chi connectivity index (χ1v) is 5.22. The van der Waals surface area contributed by atoms with Crippen LogP contribution in [0.1, 0.15) is 11.1 Å². The summed E-state index contributed by atoms with van der Waals surface area (Å²) in [5.41, 5.74) is 1.20. The molecule has 1 aliphatic carbocycles. The SMILES string of the molecule is O=C1C=Cc2cc(SOO[O-])ccc2C1=NO.[Fe].[Na+].[Na+].[Na+].[Na+]. The third-order valence-corrected chi connectivity index (χ3v) is 2.75. The van der Waals surface area contributed by atoms with E-state index in [1.165, 1.54) is 6.08 Å². The fourth-order valence-corrected chi connectivity index (χ4v) is 1.88. The fraction of sp³-hybridized carbons (Fsp3) is 0. The largest absolute Gasteiger partial charge is 1.00 e. The average molecular weight is 400 g/mol. The molecule has 0 saturated heterocycles. The van der Waals surface area contributed by atoms with E-state index in [4.69, 9.17) is 5.21 Å². The number of ketones is 1. The van der Waals surface area contributed by atoms with Gasteiger partial charge < -0.3 is 10.5 Å². The molecule has 12 heteroatoms. The number of oxime groups is 1. The molecule has 0 amide bonds. The maximum atomic E-state index is 11.4. The normalized spacial score (nSPS) is 12.6. The zero-order valence-electron chi connectivity index (χ0n) is 12.7. The Labute approximate surface area is 230 Å². The van der Waals surface area contributed by atoms with Crippen LogP contribution >= 0.6 is 12.0 Å². The van der Waals surface area contributed by atoms with Gasteiger partial charge in [0.1, 0.15) is 0 Å². The van der Waals surface area contributed by atoms with Crippen LogP contribution < -0.4 is 123 Å². The summed E-state index contributed by atoms with van der Waals surface area (Å²) in [4.78, 5) is 12.0. The number of carbonyl (C=O) groups is 1. The molecule has 0 atom stereocenters. The van der Waals surface area contributed by atoms with Crippen LogP contribution in [0.3, 0.4) is 0 Å². The molecule has 1 aromatic carbocycles. The Kier molecular flexibility index (Phi) is 25.5. The van der Waals surface area contributed by atoms with E-state index in [0.29, 0.717) is 16.0 Å². The van der Waals surface area contributed by atoms with Gasteiger partial charge in [-0.25, -0.2) is 0 Å². The Balaban J connectivity index is -0.000000324. The number of carbonyl (C=O) groups excluding carboxylic acids is 1. The molecule has 0 saturated carbocycles. The summed E-state index contributed by atoms with van der Waals surface area (Å²) in [6.45, 7) is 0. The minimum atomic E-state index is -0.362. The van der Waals surface area contributed by atoms with E-state index in [1.54, 1.807) is 24.3 Å². The van der Waals surface area contributed by atoms with Crippen molar-refractivity contribution in [1.82, 2.24) is 0 Å². The van der Waals surface area contributed by atoms with Gasteiger partial charge in [-0.15, -0.1) is 0 Å². The monoisotopic (exact) mass is 400 g/mol. The van der Waals surface area contributed by atoms with E-state index >= 15 is 0 Å². The molecule has 0 aromatic heterocycles. The van der Waals surface area contributed by atoms with Gasteiger partial charge in [-0.1, -0.05) is 17.3 Å². The number of rotatable bonds is 3. The van der Waals surface area contributed by atoms with Gasteiger partial charge in [-0.3, -0.25) is 9.83 Å². The first kappa shape index (κ1) is 32.5. The maximum absolute atomic E-state index is 11.4. The van der Waals surface area contributed by atoms with Crippen LogP contribution in [-0.4, -0.2) is 16.7 Å². The molecule has 1 aromatic rings. The summed E-state index contributed by atoms with van der Waals surface area (Å²) in [6, 6.07) is 4.88. The Morgan fingerprint density at radius 2 is 1.77 bits per heavy atom. The van der Waals surface area contributed by atoms with Crippen molar-refractivity contribution in [1.29, 1.82) is 0 Å². The van der Waals surface area contributed by atoms with Gasteiger partial charge in [0.15, 0.2) is 5.71 Å². The number of hydrogen-bond donors (Lipinski definition) is 1. The Morgan fingerprint density at radius 3 is 2.32 bits per heavy atom. The van der Waals surface area contributed by atoms with Crippen LogP contribution in [0.5, 0.6) is 0 Å². The molecule has 0 bridgehead atoms. The summed E-state index contributed by atoms with van der Waals surface area (Å²) in [6.07, 6.45) is 2.89. The van der Waals surface area contributed by atoms with E-state index in [0.717, 1.165) is 12.0 Å². The number of benzene rings is 1. The third-order valence-electron chi connectivity index (χ3n) is 2.18. The van der Waals surface area contributed by atoms with Crippen molar-refractivity contribution < 1.29 is 160 Å². The molecular formula is C10H6FeNNa4O5S+3. The molecule has 0 aliphatic heterocycles. The molecule has 96 valence electrons. The van der Waals surface area contributed by atoms with E-state index in [9.17, 15) is 10.1 Å². The standard InChI is InChI=1S/C10H7NO5S.Fe.4Na/c12-9-4-1-6-5-7(17-16-15-14)2-3-8(6)10(9)11-13;;;;;/h1-5,13-14H;;;;;/q;;4*+1/p-1. The van der Waals surface area contributed by atoms with Gasteiger partial charge in [0.2, 0.25) is 5.78 Å². The van der Waals surface area contributed by atoms with Crippen LogP contribution in [0.2, 0.25) is 0 Å². The summed E-state index contributed by atoms with van der Waals surface area (Å²) in [7, 11) is 0. The van der Waals surface area contributed by atoms with Crippen molar-refractivity contribution in [3.05, 3.63) is 35.4 Å². The summed E-state index contributed by atoms with van der Waals surface area (Å²) in [5.74, 6) is -0.362. The van der Waals surface area contributed by atoms with Crippen molar-refractivity contribution >= 4 is 29.6 Å². The first-order valence-electron chi connectivity index (χ1n) is 4.48. The van der Waals surface area contributed by atoms with Crippen molar-refractivity contribution in [2.75, 3.05) is 0 Å². The second-order valence-electron chi connectivity index (χ2n) is 3.11. The van der Waals surface area contributed by atoms with Crippen LogP contribution in [0.25, 0.3) is 6.08 Å². The quantitative estimate of drug-likeness (QED) is 0.178. The Bertz CT molecular complexity index is 532. The molecule has 0 radical (unpaired) electrons. The maximum Gasteiger partial charge on any atom is 1.00 e. The van der Waals surface area contributed by atoms with E-state index in [2.05, 4.69) is 14.5 Å². The molecule has 0 unspecified atom stereocenters. The number of fused-ring (bicyclic) bond motifs is 1. The van der Waals surface area contributed by atoms with Crippen molar-refractivity contribution in [2.24, 2.45) is 5.16 Å². The van der Waals surface area contributed by atoms with Gasteiger partial charge in [-0.05, 0) is 23.8 Å². The minimum Gasteiger partial charge on any atom is -0.691 e.